The van der Waals surface area contributed by atoms with Gasteiger partial charge in [0.15, 0.2) is 0 Å². The summed E-state index contributed by atoms with van der Waals surface area (Å²) in [6.07, 6.45) is 0. The standard InChI is InChI=1S/C13H16N2O2/c1-16-8-11-12(9-17-2)15-13(14-11)10-6-4-3-5-7-10/h3-7H,8-9H2,1-2H3,(H,14,15). The highest BCUT2D eigenvalue weighted by Crippen LogP contribution is 2.18. The lowest BCUT2D eigenvalue weighted by Gasteiger charge is -1.98. The molecule has 2 aromatic rings. The number of hydrogen-bond donors (Lipinski definition) is 1. The second-order valence-corrected chi connectivity index (χ2v) is 3.74. The van der Waals surface area contributed by atoms with E-state index in [1.54, 1.807) is 14.2 Å². The third-order valence-electron chi connectivity index (χ3n) is 2.48. The summed E-state index contributed by atoms with van der Waals surface area (Å²) in [5.41, 5.74) is 2.92. The number of methoxy groups -OCH3 is 2. The maximum Gasteiger partial charge on any atom is 0.137 e. The summed E-state index contributed by atoms with van der Waals surface area (Å²) in [5.74, 6) is 0.852. The zero-order valence-corrected chi connectivity index (χ0v) is 10.1. The summed E-state index contributed by atoms with van der Waals surface area (Å²) < 4.78 is 10.3. The molecule has 90 valence electrons. The molecule has 0 amide bonds. The van der Waals surface area contributed by atoms with Crippen LogP contribution in [0.4, 0.5) is 0 Å². The van der Waals surface area contributed by atoms with Crippen LogP contribution >= 0.6 is 0 Å². The van der Waals surface area contributed by atoms with Crippen molar-refractivity contribution in [3.8, 4) is 11.4 Å². The second kappa shape index (κ2) is 5.61. The second-order valence-electron chi connectivity index (χ2n) is 3.74. The van der Waals surface area contributed by atoms with Gasteiger partial charge in [0.05, 0.1) is 24.6 Å². The van der Waals surface area contributed by atoms with Crippen molar-refractivity contribution in [1.29, 1.82) is 0 Å². The fourth-order valence-corrected chi connectivity index (χ4v) is 1.70. The Morgan fingerprint density at radius 1 is 1.06 bits per heavy atom. The minimum absolute atomic E-state index is 0.488. The summed E-state index contributed by atoms with van der Waals surface area (Å²) in [6, 6.07) is 10.0. The first-order chi connectivity index (χ1) is 8.35. The zero-order valence-electron chi connectivity index (χ0n) is 10.1. The first-order valence-corrected chi connectivity index (χ1v) is 5.46. The Bertz CT molecular complexity index is 442. The molecule has 1 aromatic carbocycles. The lowest BCUT2D eigenvalue weighted by atomic mass is 10.2. The van der Waals surface area contributed by atoms with Crippen molar-refractivity contribution in [2.75, 3.05) is 14.2 Å². The van der Waals surface area contributed by atoms with Gasteiger partial charge in [0, 0.05) is 19.8 Å². The Morgan fingerprint density at radius 2 is 1.76 bits per heavy atom. The highest BCUT2D eigenvalue weighted by atomic mass is 16.5. The molecule has 0 aliphatic rings. The molecule has 4 nitrogen and oxygen atoms in total. The molecule has 0 radical (unpaired) electrons. The van der Waals surface area contributed by atoms with Crippen LogP contribution in [0.1, 0.15) is 11.4 Å². The van der Waals surface area contributed by atoms with E-state index in [1.807, 2.05) is 30.3 Å². The number of aromatic nitrogens is 2. The van der Waals surface area contributed by atoms with Gasteiger partial charge in [0.1, 0.15) is 5.82 Å². The molecule has 0 saturated heterocycles. The fraction of sp³-hybridized carbons (Fsp3) is 0.308. The fourth-order valence-electron chi connectivity index (χ4n) is 1.70. The monoisotopic (exact) mass is 232 g/mol. The molecule has 0 spiro atoms. The molecule has 0 aliphatic carbocycles. The Hall–Kier alpha value is -1.65. The normalized spacial score (nSPS) is 10.7. The molecule has 4 heteroatoms. The molecule has 1 heterocycles. The summed E-state index contributed by atoms with van der Waals surface area (Å²) >= 11 is 0. The van der Waals surface area contributed by atoms with E-state index in [0.29, 0.717) is 13.2 Å². The maximum atomic E-state index is 5.14. The highest BCUT2D eigenvalue weighted by Gasteiger charge is 2.10. The smallest absolute Gasteiger partial charge is 0.137 e. The van der Waals surface area contributed by atoms with E-state index in [4.69, 9.17) is 9.47 Å². The van der Waals surface area contributed by atoms with Crippen molar-refractivity contribution in [3.05, 3.63) is 41.7 Å². The van der Waals surface area contributed by atoms with Gasteiger partial charge in [0.25, 0.3) is 0 Å². The zero-order chi connectivity index (χ0) is 12.1. The third-order valence-corrected chi connectivity index (χ3v) is 2.48. The Morgan fingerprint density at radius 3 is 2.41 bits per heavy atom. The number of imidazole rings is 1. The van der Waals surface area contributed by atoms with E-state index in [2.05, 4.69) is 9.97 Å². The van der Waals surface area contributed by atoms with Crippen LogP contribution in [0.2, 0.25) is 0 Å². The van der Waals surface area contributed by atoms with Crippen molar-refractivity contribution in [2.24, 2.45) is 0 Å². The summed E-state index contributed by atoms with van der Waals surface area (Å²) in [6.45, 7) is 1.00. The van der Waals surface area contributed by atoms with E-state index in [-0.39, 0.29) is 0 Å². The van der Waals surface area contributed by atoms with Gasteiger partial charge in [-0.15, -0.1) is 0 Å². The van der Waals surface area contributed by atoms with E-state index in [1.165, 1.54) is 0 Å². The first kappa shape index (κ1) is 11.8. The number of rotatable bonds is 5. The maximum absolute atomic E-state index is 5.14. The number of hydrogen-bond acceptors (Lipinski definition) is 3. The Labute approximate surface area is 101 Å². The van der Waals surface area contributed by atoms with Crippen LogP contribution < -0.4 is 0 Å². The topological polar surface area (TPSA) is 47.1 Å². The average molecular weight is 232 g/mol. The van der Waals surface area contributed by atoms with E-state index >= 15 is 0 Å². The number of nitrogens with one attached hydrogen (secondary N) is 1. The van der Waals surface area contributed by atoms with E-state index < -0.39 is 0 Å². The minimum Gasteiger partial charge on any atom is -0.378 e. The number of benzene rings is 1. The Kier molecular flexibility index (Phi) is 3.90. The molecule has 2 rings (SSSR count). The van der Waals surface area contributed by atoms with Gasteiger partial charge in [0.2, 0.25) is 0 Å². The summed E-state index contributed by atoms with van der Waals surface area (Å²) in [7, 11) is 3.33. The predicted molar refractivity (Wildman–Crippen MR) is 65.4 cm³/mol. The van der Waals surface area contributed by atoms with Crippen molar-refractivity contribution < 1.29 is 9.47 Å². The van der Waals surface area contributed by atoms with Crippen LogP contribution in [-0.2, 0) is 22.7 Å². The van der Waals surface area contributed by atoms with Gasteiger partial charge >= 0.3 is 0 Å². The number of nitrogens with zero attached hydrogens (tertiary/aromatic N) is 1. The lowest BCUT2D eigenvalue weighted by Crippen LogP contribution is -1.96. The first-order valence-electron chi connectivity index (χ1n) is 5.46. The largest absolute Gasteiger partial charge is 0.378 e. The lowest BCUT2D eigenvalue weighted by molar-refractivity contribution is 0.164. The molecular formula is C13H16N2O2. The summed E-state index contributed by atoms with van der Waals surface area (Å²) in [5, 5.41) is 0. The third kappa shape index (κ3) is 2.72. The molecule has 1 aromatic heterocycles. The molecule has 17 heavy (non-hydrogen) atoms. The molecule has 0 saturated carbocycles. The molecular weight excluding hydrogens is 216 g/mol. The van der Waals surface area contributed by atoms with Crippen LogP contribution in [0.3, 0.4) is 0 Å². The van der Waals surface area contributed by atoms with Gasteiger partial charge in [-0.1, -0.05) is 30.3 Å². The molecule has 0 bridgehead atoms. The van der Waals surface area contributed by atoms with Crippen molar-refractivity contribution in [1.82, 2.24) is 9.97 Å². The van der Waals surface area contributed by atoms with E-state index in [0.717, 1.165) is 22.8 Å². The average Bonchev–Trinajstić information content (AvgIpc) is 2.75. The van der Waals surface area contributed by atoms with Crippen molar-refractivity contribution >= 4 is 0 Å². The number of aromatic amines is 1. The van der Waals surface area contributed by atoms with Crippen molar-refractivity contribution in [3.63, 3.8) is 0 Å². The molecule has 0 aliphatic heterocycles. The number of ether oxygens (including phenoxy) is 2. The Balaban J connectivity index is 2.33. The summed E-state index contributed by atoms with van der Waals surface area (Å²) in [4.78, 5) is 7.80. The molecule has 1 N–H and O–H groups in total. The van der Waals surface area contributed by atoms with Crippen LogP contribution in [0.25, 0.3) is 11.4 Å². The molecule has 0 atom stereocenters. The van der Waals surface area contributed by atoms with Crippen LogP contribution in [0.15, 0.2) is 30.3 Å². The minimum atomic E-state index is 0.488. The van der Waals surface area contributed by atoms with Crippen molar-refractivity contribution in [2.45, 2.75) is 13.2 Å². The van der Waals surface area contributed by atoms with Gasteiger partial charge < -0.3 is 14.5 Å². The van der Waals surface area contributed by atoms with Gasteiger partial charge in [-0.2, -0.15) is 0 Å². The highest BCUT2D eigenvalue weighted by molar-refractivity contribution is 5.55. The molecule has 0 unspecified atom stereocenters. The SMILES string of the molecule is COCc1nc(-c2ccccc2)[nH]c1COC. The van der Waals surface area contributed by atoms with Gasteiger partial charge in [-0.05, 0) is 0 Å². The molecule has 0 fully saturated rings. The van der Waals surface area contributed by atoms with Gasteiger partial charge in [-0.25, -0.2) is 4.98 Å². The van der Waals surface area contributed by atoms with Gasteiger partial charge in [-0.3, -0.25) is 0 Å². The van der Waals surface area contributed by atoms with Crippen LogP contribution in [0.5, 0.6) is 0 Å². The van der Waals surface area contributed by atoms with E-state index in [9.17, 15) is 0 Å². The predicted octanol–water partition coefficient (Wildman–Crippen LogP) is 2.37. The quantitative estimate of drug-likeness (QED) is 0.860. The number of H-pyrrole nitrogens is 1. The van der Waals surface area contributed by atoms with Crippen LogP contribution in [-0.4, -0.2) is 24.2 Å². The van der Waals surface area contributed by atoms with Crippen LogP contribution in [0, 0.1) is 0 Å².